The highest BCUT2D eigenvalue weighted by Crippen LogP contribution is 2.62. The molecule has 5 heteroatoms. The first kappa shape index (κ1) is 20.2. The summed E-state index contributed by atoms with van der Waals surface area (Å²) in [5.41, 5.74) is 3.50. The Balaban J connectivity index is 1.41. The fourth-order valence-electron chi connectivity index (χ4n) is 3.78. The molecule has 0 unspecified atom stereocenters. The average molecular weight is 636 g/mol. The molecule has 0 spiro atoms. The van der Waals surface area contributed by atoms with Crippen molar-refractivity contribution in [1.29, 1.82) is 0 Å². The molecule has 4 aromatic carbocycles. The molecular weight excluding hydrogens is 618 g/mol. The van der Waals surface area contributed by atoms with Crippen LogP contribution in [0.3, 0.4) is 0 Å². The summed E-state index contributed by atoms with van der Waals surface area (Å²) in [7, 11) is -0.549. The fraction of sp³-hybridized carbons (Fsp3) is 0.0400. The molecule has 0 saturated heterocycles. The number of halogens is 2. The van der Waals surface area contributed by atoms with Crippen LogP contribution in [0.1, 0.15) is 5.56 Å². The summed E-state index contributed by atoms with van der Waals surface area (Å²) in [6, 6.07) is 29.8. The second-order valence-corrected chi connectivity index (χ2v) is 11.6. The Morgan fingerprint density at radius 3 is 2.00 bits per heavy atom. The number of ether oxygens (including phenoxy) is 1. The Hall–Kier alpha value is -1.71. The van der Waals surface area contributed by atoms with Crippen molar-refractivity contribution in [3.63, 3.8) is 0 Å². The van der Waals surface area contributed by atoms with Crippen LogP contribution in [-0.2, 0) is 6.61 Å². The largest absolute Gasteiger partial charge is 0.506 e. The molecule has 0 radical (unpaired) electrons. The Kier molecular flexibility index (Phi) is 5.68. The molecular formula is C25H18I2O2S. The van der Waals surface area contributed by atoms with Gasteiger partial charge in [0.05, 0.1) is 3.57 Å². The molecule has 0 aliphatic carbocycles. The minimum absolute atomic E-state index is 0.301. The van der Waals surface area contributed by atoms with Crippen LogP contribution in [-0.4, -0.2) is 5.11 Å². The van der Waals surface area contributed by atoms with Crippen molar-refractivity contribution in [3.05, 3.63) is 97.6 Å². The van der Waals surface area contributed by atoms with Gasteiger partial charge in [0.1, 0.15) is 18.1 Å². The number of phenols is 1. The van der Waals surface area contributed by atoms with Crippen LogP contribution in [0.15, 0.2) is 99.6 Å². The van der Waals surface area contributed by atoms with Crippen LogP contribution >= 0.6 is 56.1 Å². The van der Waals surface area contributed by atoms with Gasteiger partial charge < -0.3 is 9.84 Å². The van der Waals surface area contributed by atoms with Crippen molar-refractivity contribution in [3.8, 4) is 22.6 Å². The van der Waals surface area contributed by atoms with E-state index in [1.165, 1.54) is 25.8 Å². The topological polar surface area (TPSA) is 29.5 Å². The summed E-state index contributed by atoms with van der Waals surface area (Å²) in [6.45, 7) is 0.346. The first-order chi connectivity index (χ1) is 14.6. The molecule has 1 aliphatic rings. The number of thiol groups is 1. The number of phenolic OH excluding ortho intramolecular Hbond substituents is 1. The van der Waals surface area contributed by atoms with E-state index in [-0.39, 0.29) is 0 Å². The van der Waals surface area contributed by atoms with E-state index in [1.54, 1.807) is 0 Å². The van der Waals surface area contributed by atoms with Gasteiger partial charge in [-0.15, -0.1) is 0 Å². The summed E-state index contributed by atoms with van der Waals surface area (Å²) >= 11 is 4.41. The number of aromatic hydroxyl groups is 1. The molecule has 30 heavy (non-hydrogen) atoms. The van der Waals surface area contributed by atoms with E-state index in [0.29, 0.717) is 12.4 Å². The van der Waals surface area contributed by atoms with Crippen molar-refractivity contribution in [1.82, 2.24) is 0 Å². The Bertz CT molecular complexity index is 1190. The SMILES string of the molecule is Oc1c(I)cc(I)cc1COc1ccc([SH]2c3ccccc3-c3ccccc32)cc1. The van der Waals surface area contributed by atoms with Crippen molar-refractivity contribution < 1.29 is 9.84 Å². The first-order valence-corrected chi connectivity index (χ1v) is 13.0. The molecule has 0 aromatic heterocycles. The Labute approximate surface area is 205 Å². The highest BCUT2D eigenvalue weighted by molar-refractivity contribution is 14.1. The maximum absolute atomic E-state index is 10.3. The van der Waals surface area contributed by atoms with Gasteiger partial charge in [-0.05, 0) is 110 Å². The lowest BCUT2D eigenvalue weighted by Gasteiger charge is -2.19. The molecule has 5 rings (SSSR count). The van der Waals surface area contributed by atoms with Gasteiger partial charge in [0.2, 0.25) is 0 Å². The second-order valence-electron chi connectivity index (χ2n) is 7.05. The third-order valence-electron chi connectivity index (χ3n) is 5.18. The normalized spacial score (nSPS) is 13.1. The maximum atomic E-state index is 10.3. The van der Waals surface area contributed by atoms with E-state index < -0.39 is 10.9 Å². The van der Waals surface area contributed by atoms with Gasteiger partial charge in [-0.2, -0.15) is 10.9 Å². The van der Waals surface area contributed by atoms with E-state index in [1.807, 2.05) is 24.3 Å². The third kappa shape index (κ3) is 3.71. The van der Waals surface area contributed by atoms with Gasteiger partial charge in [0.25, 0.3) is 0 Å². The van der Waals surface area contributed by atoms with Gasteiger partial charge in [-0.1, -0.05) is 36.4 Å². The number of hydrogen-bond donors (Lipinski definition) is 2. The molecule has 1 aliphatic heterocycles. The lowest BCUT2D eigenvalue weighted by Crippen LogP contribution is -1.98. The van der Waals surface area contributed by atoms with E-state index in [9.17, 15) is 5.11 Å². The van der Waals surface area contributed by atoms with Gasteiger partial charge >= 0.3 is 0 Å². The van der Waals surface area contributed by atoms with Crippen LogP contribution in [0.4, 0.5) is 0 Å². The highest BCUT2D eigenvalue weighted by Gasteiger charge is 2.26. The third-order valence-corrected chi connectivity index (χ3v) is 9.18. The zero-order valence-electron chi connectivity index (χ0n) is 15.8. The van der Waals surface area contributed by atoms with Crippen molar-refractivity contribution in [2.24, 2.45) is 0 Å². The quantitative estimate of drug-likeness (QED) is 0.157. The molecule has 4 aromatic rings. The molecule has 1 heterocycles. The zero-order valence-corrected chi connectivity index (χ0v) is 21.1. The summed E-state index contributed by atoms with van der Waals surface area (Å²) in [5, 5.41) is 10.3. The zero-order chi connectivity index (χ0) is 20.7. The van der Waals surface area contributed by atoms with Gasteiger partial charge in [0.15, 0.2) is 0 Å². The van der Waals surface area contributed by atoms with Crippen molar-refractivity contribution in [2.75, 3.05) is 0 Å². The molecule has 0 fully saturated rings. The van der Waals surface area contributed by atoms with Crippen molar-refractivity contribution in [2.45, 2.75) is 21.3 Å². The van der Waals surface area contributed by atoms with Crippen LogP contribution in [0.5, 0.6) is 11.5 Å². The smallest absolute Gasteiger partial charge is 0.135 e. The number of rotatable bonds is 4. The van der Waals surface area contributed by atoms with Gasteiger partial charge in [-0.3, -0.25) is 0 Å². The Morgan fingerprint density at radius 2 is 1.37 bits per heavy atom. The number of hydrogen-bond acceptors (Lipinski definition) is 2. The Morgan fingerprint density at radius 1 is 0.767 bits per heavy atom. The van der Waals surface area contributed by atoms with Gasteiger partial charge in [-0.25, -0.2) is 0 Å². The molecule has 2 nitrogen and oxygen atoms in total. The maximum Gasteiger partial charge on any atom is 0.135 e. The molecule has 0 amide bonds. The monoisotopic (exact) mass is 636 g/mol. The predicted octanol–water partition coefficient (Wildman–Crippen LogP) is 7.64. The summed E-state index contributed by atoms with van der Waals surface area (Å²) in [4.78, 5) is 4.16. The minimum atomic E-state index is -0.549. The van der Waals surface area contributed by atoms with Crippen LogP contribution in [0.25, 0.3) is 11.1 Å². The lowest BCUT2D eigenvalue weighted by atomic mass is 10.1. The van der Waals surface area contributed by atoms with Crippen LogP contribution < -0.4 is 4.74 Å². The molecule has 0 saturated carbocycles. The standard InChI is InChI=1S/C25H18I2O2S/c26-17-13-16(25(28)22(27)14-17)15-29-18-9-11-19(12-10-18)30-23-7-3-1-5-20(23)21-6-2-4-8-24(21)30/h1-14,28,30H,15H2. The van der Waals surface area contributed by atoms with Gasteiger partial charge in [0, 0.05) is 18.9 Å². The summed E-state index contributed by atoms with van der Waals surface area (Å²) in [6.07, 6.45) is 0. The van der Waals surface area contributed by atoms with Crippen LogP contribution in [0, 0.1) is 7.14 Å². The lowest BCUT2D eigenvalue weighted by molar-refractivity contribution is 0.298. The number of benzene rings is 4. The fourth-order valence-corrected chi connectivity index (χ4v) is 8.35. The molecule has 0 bridgehead atoms. The highest BCUT2D eigenvalue weighted by atomic mass is 127. The minimum Gasteiger partial charge on any atom is -0.506 e. The second kappa shape index (κ2) is 8.43. The van der Waals surface area contributed by atoms with E-state index >= 15 is 0 Å². The summed E-state index contributed by atoms with van der Waals surface area (Å²) in [5.74, 6) is 1.11. The first-order valence-electron chi connectivity index (χ1n) is 9.50. The van der Waals surface area contributed by atoms with E-state index in [0.717, 1.165) is 18.5 Å². The van der Waals surface area contributed by atoms with E-state index in [4.69, 9.17) is 4.74 Å². The average Bonchev–Trinajstić information content (AvgIpc) is 3.10. The molecule has 150 valence electrons. The molecule has 1 N–H and O–H groups in total. The van der Waals surface area contributed by atoms with E-state index in [2.05, 4.69) is 106 Å². The summed E-state index contributed by atoms with van der Waals surface area (Å²) < 4.78 is 7.91. The van der Waals surface area contributed by atoms with Crippen LogP contribution in [0.2, 0.25) is 0 Å². The predicted molar refractivity (Wildman–Crippen MR) is 140 cm³/mol. The van der Waals surface area contributed by atoms with Crippen molar-refractivity contribution >= 4 is 56.1 Å². The molecule has 0 atom stereocenters. The number of fused-ring (bicyclic) bond motifs is 3.